The molecule has 0 saturated carbocycles. The van der Waals surface area contributed by atoms with E-state index in [4.69, 9.17) is 0 Å². The van der Waals surface area contributed by atoms with E-state index >= 15 is 0 Å². The van der Waals surface area contributed by atoms with Crippen molar-refractivity contribution in [1.82, 2.24) is 25.0 Å². The highest BCUT2D eigenvalue weighted by molar-refractivity contribution is 6.01. The molecule has 1 aliphatic rings. The Hall–Kier alpha value is -1.92. The molecule has 1 aromatic rings. The quantitative estimate of drug-likeness (QED) is 0.641. The Morgan fingerprint density at radius 3 is 2.87 bits per heavy atom. The second-order valence-corrected chi connectivity index (χ2v) is 3.31. The molecule has 0 spiro atoms. The lowest BCUT2D eigenvalue weighted by atomic mass is 10.3. The number of aromatic nitrogens is 3. The van der Waals surface area contributed by atoms with Crippen LogP contribution in [0.4, 0.5) is 4.79 Å². The van der Waals surface area contributed by atoms with E-state index in [1.165, 1.54) is 4.90 Å². The van der Waals surface area contributed by atoms with E-state index in [9.17, 15) is 9.59 Å². The van der Waals surface area contributed by atoms with E-state index < -0.39 is 0 Å². The van der Waals surface area contributed by atoms with Gasteiger partial charge in [-0.15, -0.1) is 10.2 Å². The van der Waals surface area contributed by atoms with E-state index in [2.05, 4.69) is 15.5 Å². The zero-order chi connectivity index (χ0) is 10.8. The van der Waals surface area contributed by atoms with Crippen molar-refractivity contribution in [2.45, 2.75) is 6.42 Å². The third-order valence-electron chi connectivity index (χ3n) is 2.30. The zero-order valence-corrected chi connectivity index (χ0v) is 8.30. The van der Waals surface area contributed by atoms with Gasteiger partial charge in [-0.05, 0) is 0 Å². The van der Waals surface area contributed by atoms with Gasteiger partial charge in [-0.25, -0.2) is 4.79 Å². The van der Waals surface area contributed by atoms with Gasteiger partial charge in [-0.2, -0.15) is 0 Å². The normalized spacial score (nSPS) is 15.9. The van der Waals surface area contributed by atoms with Gasteiger partial charge < -0.3 is 9.88 Å². The SMILES string of the molecule is Cn1cnnc1CCN1C(=O)CNC1=O. The van der Waals surface area contributed by atoms with Crippen LogP contribution >= 0.6 is 0 Å². The van der Waals surface area contributed by atoms with Crippen molar-refractivity contribution in [3.8, 4) is 0 Å². The molecule has 2 rings (SSSR count). The monoisotopic (exact) mass is 209 g/mol. The average molecular weight is 209 g/mol. The first-order valence-electron chi connectivity index (χ1n) is 4.59. The van der Waals surface area contributed by atoms with Crippen molar-refractivity contribution in [2.75, 3.05) is 13.1 Å². The molecule has 0 atom stereocenters. The zero-order valence-electron chi connectivity index (χ0n) is 8.30. The summed E-state index contributed by atoms with van der Waals surface area (Å²) in [6, 6.07) is -0.331. The van der Waals surface area contributed by atoms with Gasteiger partial charge in [0.15, 0.2) is 0 Å². The van der Waals surface area contributed by atoms with Crippen LogP contribution in [-0.2, 0) is 18.3 Å². The second-order valence-electron chi connectivity index (χ2n) is 3.31. The molecular formula is C8H11N5O2. The fraction of sp³-hybridized carbons (Fsp3) is 0.500. The van der Waals surface area contributed by atoms with Crippen LogP contribution in [0.1, 0.15) is 5.82 Å². The predicted octanol–water partition coefficient (Wildman–Crippen LogP) is -1.09. The van der Waals surface area contributed by atoms with E-state index in [1.807, 2.05) is 7.05 Å². The van der Waals surface area contributed by atoms with E-state index in [0.29, 0.717) is 13.0 Å². The Balaban J connectivity index is 1.96. The maximum absolute atomic E-state index is 11.2. The van der Waals surface area contributed by atoms with Crippen LogP contribution in [0.5, 0.6) is 0 Å². The molecule has 0 unspecified atom stereocenters. The molecule has 1 aliphatic heterocycles. The summed E-state index contributed by atoms with van der Waals surface area (Å²) in [4.78, 5) is 23.6. The number of nitrogens with one attached hydrogen (secondary N) is 1. The number of amides is 3. The first kappa shape index (κ1) is 9.63. The van der Waals surface area contributed by atoms with Gasteiger partial charge in [0.05, 0.1) is 6.54 Å². The summed E-state index contributed by atoms with van der Waals surface area (Å²) in [5.74, 6) is 0.560. The van der Waals surface area contributed by atoms with Crippen molar-refractivity contribution in [3.05, 3.63) is 12.2 Å². The number of carbonyl (C=O) groups excluding carboxylic acids is 2. The van der Waals surface area contributed by atoms with Gasteiger partial charge in [0.25, 0.3) is 0 Å². The molecule has 15 heavy (non-hydrogen) atoms. The molecular weight excluding hydrogens is 198 g/mol. The van der Waals surface area contributed by atoms with Crippen LogP contribution in [0.3, 0.4) is 0 Å². The Bertz CT molecular complexity index is 383. The fourth-order valence-corrected chi connectivity index (χ4v) is 1.43. The molecule has 80 valence electrons. The van der Waals surface area contributed by atoms with Crippen molar-refractivity contribution < 1.29 is 9.59 Å². The number of carbonyl (C=O) groups is 2. The number of hydrogen-bond donors (Lipinski definition) is 1. The molecule has 0 radical (unpaired) electrons. The third-order valence-corrected chi connectivity index (χ3v) is 2.30. The van der Waals surface area contributed by atoms with Gasteiger partial charge in [0, 0.05) is 20.0 Å². The molecule has 1 fully saturated rings. The minimum Gasteiger partial charge on any atom is -0.329 e. The van der Waals surface area contributed by atoms with E-state index in [-0.39, 0.29) is 18.5 Å². The van der Waals surface area contributed by atoms with Crippen LogP contribution in [-0.4, -0.2) is 44.7 Å². The van der Waals surface area contributed by atoms with Crippen LogP contribution in [0.25, 0.3) is 0 Å². The maximum Gasteiger partial charge on any atom is 0.324 e. The summed E-state index contributed by atoms with van der Waals surface area (Å²) in [5, 5.41) is 10.0. The van der Waals surface area contributed by atoms with Crippen LogP contribution in [0.2, 0.25) is 0 Å². The number of imide groups is 1. The number of urea groups is 1. The van der Waals surface area contributed by atoms with Crippen molar-refractivity contribution in [3.63, 3.8) is 0 Å². The Morgan fingerprint density at radius 1 is 1.53 bits per heavy atom. The van der Waals surface area contributed by atoms with Gasteiger partial charge in [-0.3, -0.25) is 9.69 Å². The molecule has 7 heteroatoms. The van der Waals surface area contributed by atoms with E-state index in [0.717, 1.165) is 5.82 Å². The summed E-state index contributed by atoms with van der Waals surface area (Å²) in [5.41, 5.74) is 0. The molecule has 0 aliphatic carbocycles. The second kappa shape index (κ2) is 3.68. The number of aryl methyl sites for hydroxylation is 1. The standard InChI is InChI=1S/C8H11N5O2/c1-12-5-10-11-6(12)2-3-13-7(14)4-9-8(13)15/h5H,2-4H2,1H3,(H,9,15). The summed E-state index contributed by atoms with van der Waals surface area (Å²) < 4.78 is 1.76. The summed E-state index contributed by atoms with van der Waals surface area (Å²) in [6.07, 6.45) is 2.11. The molecule has 1 N–H and O–H groups in total. The lowest BCUT2D eigenvalue weighted by molar-refractivity contribution is -0.124. The number of nitrogens with zero attached hydrogens (tertiary/aromatic N) is 4. The first-order valence-corrected chi connectivity index (χ1v) is 4.59. The molecule has 1 aromatic heterocycles. The predicted molar refractivity (Wildman–Crippen MR) is 49.8 cm³/mol. The smallest absolute Gasteiger partial charge is 0.324 e. The van der Waals surface area contributed by atoms with Gasteiger partial charge in [0.2, 0.25) is 5.91 Å². The van der Waals surface area contributed by atoms with Gasteiger partial charge in [-0.1, -0.05) is 0 Å². The Kier molecular flexibility index (Phi) is 2.36. The summed E-state index contributed by atoms with van der Waals surface area (Å²) in [7, 11) is 1.82. The Labute approximate surface area is 86.1 Å². The van der Waals surface area contributed by atoms with Crippen LogP contribution < -0.4 is 5.32 Å². The number of rotatable bonds is 3. The molecule has 0 bridgehead atoms. The maximum atomic E-state index is 11.2. The van der Waals surface area contributed by atoms with Crippen LogP contribution in [0.15, 0.2) is 6.33 Å². The molecule has 0 aromatic carbocycles. The molecule has 3 amide bonds. The fourth-order valence-electron chi connectivity index (χ4n) is 1.43. The summed E-state index contributed by atoms with van der Waals surface area (Å²) in [6.45, 7) is 0.439. The first-order chi connectivity index (χ1) is 7.18. The number of hydrogen-bond acceptors (Lipinski definition) is 4. The topological polar surface area (TPSA) is 80.1 Å². The highest BCUT2D eigenvalue weighted by Crippen LogP contribution is 2.01. The minimum atomic E-state index is -0.331. The molecule has 7 nitrogen and oxygen atoms in total. The minimum absolute atomic E-state index is 0.0949. The Morgan fingerprint density at radius 2 is 2.33 bits per heavy atom. The lowest BCUT2D eigenvalue weighted by Gasteiger charge is -2.10. The lowest BCUT2D eigenvalue weighted by Crippen LogP contribution is -2.33. The molecule has 2 heterocycles. The third kappa shape index (κ3) is 1.80. The van der Waals surface area contributed by atoms with Crippen molar-refractivity contribution in [2.24, 2.45) is 7.05 Å². The van der Waals surface area contributed by atoms with Crippen molar-refractivity contribution >= 4 is 11.9 Å². The largest absolute Gasteiger partial charge is 0.329 e. The van der Waals surface area contributed by atoms with Gasteiger partial charge >= 0.3 is 6.03 Å². The highest BCUT2D eigenvalue weighted by Gasteiger charge is 2.28. The van der Waals surface area contributed by atoms with Crippen LogP contribution in [0, 0.1) is 0 Å². The average Bonchev–Trinajstić information content (AvgIpc) is 2.73. The molecule has 1 saturated heterocycles. The summed E-state index contributed by atoms with van der Waals surface area (Å²) >= 11 is 0. The van der Waals surface area contributed by atoms with Gasteiger partial charge in [0.1, 0.15) is 12.2 Å². The van der Waals surface area contributed by atoms with E-state index in [1.54, 1.807) is 10.9 Å². The van der Waals surface area contributed by atoms with Crippen molar-refractivity contribution in [1.29, 1.82) is 0 Å². The highest BCUT2D eigenvalue weighted by atomic mass is 16.2.